The van der Waals surface area contributed by atoms with Gasteiger partial charge in [-0.3, -0.25) is 0 Å². The molecule has 0 amide bonds. The third-order valence-corrected chi connectivity index (χ3v) is 2.98. The number of nitrogens with zero attached hydrogens (tertiary/aromatic N) is 2. The largest absolute Gasteiger partial charge is 0.478 e. The number of aromatic carboxylic acids is 1. The van der Waals surface area contributed by atoms with Gasteiger partial charge in [0.1, 0.15) is 5.69 Å². The van der Waals surface area contributed by atoms with Gasteiger partial charge in [-0.2, -0.15) is 5.10 Å². The summed E-state index contributed by atoms with van der Waals surface area (Å²) in [6.07, 6.45) is 1.71. The molecule has 0 saturated carbocycles. The second-order valence-electron chi connectivity index (χ2n) is 4.16. The third kappa shape index (κ3) is 2.04. The number of rotatable bonds is 2. The average Bonchev–Trinajstić information content (AvgIpc) is 2.47. The number of carboxylic acids is 1. The Bertz CT molecular complexity index is 746. The van der Waals surface area contributed by atoms with Gasteiger partial charge >= 0.3 is 5.97 Å². The van der Waals surface area contributed by atoms with Crippen LogP contribution in [-0.4, -0.2) is 21.3 Å². The Labute approximate surface area is 109 Å². The molecule has 4 heteroatoms. The Balaban J connectivity index is 2.16. The van der Waals surface area contributed by atoms with Crippen molar-refractivity contribution >= 4 is 16.7 Å². The van der Waals surface area contributed by atoms with Crippen LogP contribution in [0.15, 0.2) is 54.7 Å². The maximum absolute atomic E-state index is 10.8. The minimum absolute atomic E-state index is 0.261. The third-order valence-electron chi connectivity index (χ3n) is 2.98. The minimum Gasteiger partial charge on any atom is -0.478 e. The first kappa shape index (κ1) is 11.3. The second-order valence-corrected chi connectivity index (χ2v) is 4.16. The van der Waals surface area contributed by atoms with E-state index in [1.165, 1.54) is 0 Å². The van der Waals surface area contributed by atoms with Gasteiger partial charge in [0.05, 0.1) is 11.8 Å². The van der Waals surface area contributed by atoms with E-state index >= 15 is 0 Å². The first-order valence-corrected chi connectivity index (χ1v) is 5.80. The lowest BCUT2D eigenvalue weighted by molar-refractivity contribution is 0.0697. The molecule has 0 radical (unpaired) electrons. The van der Waals surface area contributed by atoms with Crippen LogP contribution in [0.2, 0.25) is 0 Å². The number of carbonyl (C=O) groups is 1. The molecule has 4 nitrogen and oxygen atoms in total. The van der Waals surface area contributed by atoms with E-state index in [1.54, 1.807) is 30.5 Å². The molecule has 0 fully saturated rings. The van der Waals surface area contributed by atoms with Crippen LogP contribution in [0, 0.1) is 0 Å². The summed E-state index contributed by atoms with van der Waals surface area (Å²) in [5, 5.41) is 19.0. The molecule has 0 atom stereocenters. The van der Waals surface area contributed by atoms with Crippen LogP contribution in [-0.2, 0) is 0 Å². The highest BCUT2D eigenvalue weighted by Crippen LogP contribution is 2.25. The lowest BCUT2D eigenvalue weighted by atomic mass is 10.0. The molecule has 2 aromatic carbocycles. The molecule has 0 spiro atoms. The first-order valence-electron chi connectivity index (χ1n) is 5.80. The molecule has 3 rings (SSSR count). The Kier molecular flexibility index (Phi) is 2.68. The van der Waals surface area contributed by atoms with Crippen molar-refractivity contribution in [2.24, 2.45) is 0 Å². The molecular formula is C15H10N2O2. The van der Waals surface area contributed by atoms with Gasteiger partial charge in [0.2, 0.25) is 0 Å². The van der Waals surface area contributed by atoms with Crippen LogP contribution in [0.3, 0.4) is 0 Å². The van der Waals surface area contributed by atoms with Crippen molar-refractivity contribution in [3.63, 3.8) is 0 Å². The number of fused-ring (bicyclic) bond motifs is 1. The quantitative estimate of drug-likeness (QED) is 0.759. The molecule has 1 heterocycles. The fourth-order valence-electron chi connectivity index (χ4n) is 2.01. The predicted octanol–water partition coefficient (Wildman–Crippen LogP) is 3.00. The van der Waals surface area contributed by atoms with Gasteiger partial charge in [0.25, 0.3) is 0 Å². The number of benzene rings is 2. The maximum Gasteiger partial charge on any atom is 0.335 e. The summed E-state index contributed by atoms with van der Waals surface area (Å²) in [5.74, 6) is -0.935. The highest BCUT2D eigenvalue weighted by Gasteiger charge is 2.07. The monoisotopic (exact) mass is 250 g/mol. The van der Waals surface area contributed by atoms with Crippen LogP contribution in [0.25, 0.3) is 22.0 Å². The van der Waals surface area contributed by atoms with E-state index < -0.39 is 5.97 Å². The molecule has 3 aromatic rings. The summed E-state index contributed by atoms with van der Waals surface area (Å²) >= 11 is 0. The number of hydrogen-bond acceptors (Lipinski definition) is 3. The van der Waals surface area contributed by atoms with Gasteiger partial charge in [-0.1, -0.05) is 36.4 Å². The Morgan fingerprint density at radius 2 is 1.74 bits per heavy atom. The lowest BCUT2D eigenvalue weighted by Crippen LogP contribution is -1.96. The Morgan fingerprint density at radius 1 is 1.00 bits per heavy atom. The summed E-state index contributed by atoms with van der Waals surface area (Å²) in [4.78, 5) is 10.8. The van der Waals surface area contributed by atoms with Gasteiger partial charge in [-0.05, 0) is 12.1 Å². The van der Waals surface area contributed by atoms with Gasteiger partial charge in [0, 0.05) is 16.3 Å². The molecule has 0 bridgehead atoms. The van der Waals surface area contributed by atoms with Crippen LogP contribution < -0.4 is 0 Å². The summed E-state index contributed by atoms with van der Waals surface area (Å²) in [5.41, 5.74) is 1.88. The van der Waals surface area contributed by atoms with Crippen LogP contribution in [0.4, 0.5) is 0 Å². The zero-order valence-electron chi connectivity index (χ0n) is 9.95. The minimum atomic E-state index is -0.935. The van der Waals surface area contributed by atoms with Crippen LogP contribution in [0.1, 0.15) is 10.4 Å². The van der Waals surface area contributed by atoms with Crippen molar-refractivity contribution in [2.75, 3.05) is 0 Å². The molecule has 1 N–H and O–H groups in total. The fraction of sp³-hybridized carbons (Fsp3) is 0. The fourth-order valence-corrected chi connectivity index (χ4v) is 2.01. The zero-order valence-corrected chi connectivity index (χ0v) is 9.95. The smallest absolute Gasteiger partial charge is 0.335 e. The van der Waals surface area contributed by atoms with E-state index in [0.29, 0.717) is 0 Å². The second kappa shape index (κ2) is 4.49. The normalized spacial score (nSPS) is 10.5. The molecule has 0 aliphatic heterocycles. The topological polar surface area (TPSA) is 63.1 Å². The standard InChI is InChI=1S/C15H10N2O2/c18-15(19)11-7-5-10(6-8-11)14-13-4-2-1-3-12(13)9-16-17-14/h1-9H,(H,18,19). The summed E-state index contributed by atoms with van der Waals surface area (Å²) in [6, 6.07) is 14.5. The van der Waals surface area contributed by atoms with Crippen molar-refractivity contribution < 1.29 is 9.90 Å². The van der Waals surface area contributed by atoms with Gasteiger partial charge in [-0.25, -0.2) is 4.79 Å². The Hall–Kier alpha value is -2.75. The molecule has 0 saturated heterocycles. The highest BCUT2D eigenvalue weighted by atomic mass is 16.4. The SMILES string of the molecule is O=C(O)c1ccc(-c2nncc3ccccc23)cc1. The predicted molar refractivity (Wildman–Crippen MR) is 71.9 cm³/mol. The summed E-state index contributed by atoms with van der Waals surface area (Å²) < 4.78 is 0. The van der Waals surface area contributed by atoms with Crippen LogP contribution >= 0.6 is 0 Å². The molecular weight excluding hydrogens is 240 g/mol. The van der Waals surface area contributed by atoms with Crippen molar-refractivity contribution in [1.82, 2.24) is 10.2 Å². The highest BCUT2D eigenvalue weighted by molar-refractivity contribution is 5.94. The average molecular weight is 250 g/mol. The zero-order chi connectivity index (χ0) is 13.2. The molecule has 92 valence electrons. The molecule has 19 heavy (non-hydrogen) atoms. The summed E-state index contributed by atoms with van der Waals surface area (Å²) in [6.45, 7) is 0. The maximum atomic E-state index is 10.8. The molecule has 0 aliphatic carbocycles. The van der Waals surface area contributed by atoms with Crippen molar-refractivity contribution in [1.29, 1.82) is 0 Å². The summed E-state index contributed by atoms with van der Waals surface area (Å²) in [7, 11) is 0. The van der Waals surface area contributed by atoms with E-state index in [0.717, 1.165) is 22.0 Å². The number of carboxylic acid groups (broad SMARTS) is 1. The molecule has 0 aliphatic rings. The number of hydrogen-bond donors (Lipinski definition) is 1. The molecule has 0 unspecified atom stereocenters. The van der Waals surface area contributed by atoms with Crippen LogP contribution in [0.5, 0.6) is 0 Å². The molecule has 1 aromatic heterocycles. The van der Waals surface area contributed by atoms with E-state index in [4.69, 9.17) is 5.11 Å². The van der Waals surface area contributed by atoms with Gasteiger partial charge < -0.3 is 5.11 Å². The van der Waals surface area contributed by atoms with Gasteiger partial charge in [0.15, 0.2) is 0 Å². The van der Waals surface area contributed by atoms with E-state index in [1.807, 2.05) is 24.3 Å². The first-order chi connectivity index (χ1) is 9.25. The van der Waals surface area contributed by atoms with Crippen molar-refractivity contribution in [3.8, 4) is 11.3 Å². The van der Waals surface area contributed by atoms with E-state index in [-0.39, 0.29) is 5.56 Å². The lowest BCUT2D eigenvalue weighted by Gasteiger charge is -2.04. The van der Waals surface area contributed by atoms with E-state index in [2.05, 4.69) is 10.2 Å². The van der Waals surface area contributed by atoms with Crippen molar-refractivity contribution in [3.05, 3.63) is 60.3 Å². The van der Waals surface area contributed by atoms with E-state index in [9.17, 15) is 4.79 Å². The number of aromatic nitrogens is 2. The van der Waals surface area contributed by atoms with Gasteiger partial charge in [-0.15, -0.1) is 5.10 Å². The van der Waals surface area contributed by atoms with Crippen molar-refractivity contribution in [2.45, 2.75) is 0 Å². The Morgan fingerprint density at radius 3 is 2.47 bits per heavy atom.